The fraction of sp³-hybridized carbons (Fsp3) is 0.667. The summed E-state index contributed by atoms with van der Waals surface area (Å²) in [6.07, 6.45) is 3.16. The fourth-order valence-corrected chi connectivity index (χ4v) is 7.91. The number of hydrogen-bond acceptors (Lipinski definition) is 14. The number of carbonyl (C=O) groups is 2. The molecule has 4 N–H and O–H groups in total. The van der Waals surface area contributed by atoms with E-state index in [1.807, 2.05) is 107 Å². The maximum Gasteiger partial charge on any atom is 0.224 e. The van der Waals surface area contributed by atoms with Gasteiger partial charge in [-0.15, -0.1) is 0 Å². The molecule has 0 unspecified atom stereocenters. The zero-order valence-corrected chi connectivity index (χ0v) is 48.3. The number of Topliss-reactive ketones (excluding diaryl/α,β-unsaturated/α-hetero) is 2. The Morgan fingerprint density at radius 3 is 0.892 bits per heavy atom. The number of aliphatic hydroxyl groups excluding tert-OH is 1. The first kappa shape index (κ1) is 64.3. The van der Waals surface area contributed by atoms with E-state index in [1.54, 1.807) is 62.4 Å². The minimum Gasteiger partial charge on any atom is -0.488 e. The SMILES string of the molecule is CC(C)(CCO)OCCC(C)(C)Oc1ccc(C(OCCC(C)(C)OCCC(C)(C)Oc2ccc(C(=O)C(C)(C)O)cc2)(OCCC(C)(C)OCCC(C)(C)Oc2ccc(C(=O)C(C)(C)O)cc2)C(C)(C)O)cc1. The van der Waals surface area contributed by atoms with Gasteiger partial charge in [-0.3, -0.25) is 9.59 Å². The lowest BCUT2D eigenvalue weighted by atomic mass is 9.89. The van der Waals surface area contributed by atoms with E-state index in [1.165, 1.54) is 27.7 Å². The van der Waals surface area contributed by atoms with Crippen LogP contribution < -0.4 is 14.2 Å². The molecule has 418 valence electrons. The molecule has 0 saturated carbocycles. The fourth-order valence-electron chi connectivity index (χ4n) is 7.91. The molecule has 14 heteroatoms. The first-order valence-corrected chi connectivity index (χ1v) is 26.2. The first-order chi connectivity index (χ1) is 33.7. The Kier molecular flexibility index (Phi) is 22.1. The lowest BCUT2D eigenvalue weighted by Gasteiger charge is -2.44. The third-order valence-electron chi connectivity index (χ3n) is 12.9. The average molecular weight is 1040 g/mol. The van der Waals surface area contributed by atoms with Gasteiger partial charge in [-0.05, 0) is 217 Å². The van der Waals surface area contributed by atoms with Gasteiger partial charge in [0.15, 0.2) is 11.6 Å². The maximum absolute atomic E-state index is 12.5. The molecule has 0 radical (unpaired) electrons. The monoisotopic (exact) mass is 1040 g/mol. The molecule has 0 heterocycles. The molecule has 0 bridgehead atoms. The van der Waals surface area contributed by atoms with Crippen LogP contribution in [0.4, 0.5) is 0 Å². The third-order valence-corrected chi connectivity index (χ3v) is 12.9. The minimum atomic E-state index is -1.63. The van der Waals surface area contributed by atoms with Crippen LogP contribution in [0.2, 0.25) is 0 Å². The Labute approximate surface area is 443 Å². The maximum atomic E-state index is 12.5. The molecule has 3 aromatic carbocycles. The summed E-state index contributed by atoms with van der Waals surface area (Å²) in [4.78, 5) is 25.0. The van der Waals surface area contributed by atoms with E-state index in [2.05, 4.69) is 0 Å². The zero-order chi connectivity index (χ0) is 56.2. The molecule has 74 heavy (non-hydrogen) atoms. The van der Waals surface area contributed by atoms with Crippen LogP contribution in [-0.4, -0.2) is 122 Å². The van der Waals surface area contributed by atoms with E-state index >= 15 is 0 Å². The van der Waals surface area contributed by atoms with Crippen molar-refractivity contribution in [2.24, 2.45) is 0 Å². The van der Waals surface area contributed by atoms with Crippen molar-refractivity contribution in [3.05, 3.63) is 89.5 Å². The molecule has 0 amide bonds. The largest absolute Gasteiger partial charge is 0.488 e. The van der Waals surface area contributed by atoms with Gasteiger partial charge in [0, 0.05) is 42.6 Å². The van der Waals surface area contributed by atoms with Crippen LogP contribution >= 0.6 is 0 Å². The van der Waals surface area contributed by atoms with Gasteiger partial charge in [-0.1, -0.05) is 0 Å². The van der Waals surface area contributed by atoms with Crippen LogP contribution in [0.5, 0.6) is 17.2 Å². The quantitative estimate of drug-likeness (QED) is 0.0327. The first-order valence-electron chi connectivity index (χ1n) is 26.2. The molecule has 3 rings (SSSR count). The highest BCUT2D eigenvalue weighted by molar-refractivity contribution is 6.02. The van der Waals surface area contributed by atoms with E-state index in [0.29, 0.717) is 92.3 Å². The molecular weight excluding hydrogens is 945 g/mol. The van der Waals surface area contributed by atoms with Crippen LogP contribution in [0.3, 0.4) is 0 Å². The van der Waals surface area contributed by atoms with Crippen LogP contribution in [0.1, 0.15) is 189 Å². The summed E-state index contributed by atoms with van der Waals surface area (Å²) in [6, 6.07) is 20.9. The molecule has 0 atom stereocenters. The molecule has 0 aliphatic rings. The summed E-state index contributed by atoms with van der Waals surface area (Å²) >= 11 is 0. The topological polar surface area (TPSA) is 189 Å². The summed E-state index contributed by atoms with van der Waals surface area (Å²) in [7, 11) is 0. The van der Waals surface area contributed by atoms with Crippen molar-refractivity contribution in [1.29, 1.82) is 0 Å². The Morgan fingerprint density at radius 1 is 0.365 bits per heavy atom. The van der Waals surface area contributed by atoms with Gasteiger partial charge in [0.05, 0.1) is 49.8 Å². The molecular formula is C60H94O14. The molecule has 0 spiro atoms. The van der Waals surface area contributed by atoms with Crippen molar-refractivity contribution in [1.82, 2.24) is 0 Å². The van der Waals surface area contributed by atoms with Gasteiger partial charge in [0.2, 0.25) is 5.79 Å². The van der Waals surface area contributed by atoms with E-state index in [4.69, 9.17) is 37.9 Å². The van der Waals surface area contributed by atoms with Crippen molar-refractivity contribution in [3.8, 4) is 17.2 Å². The van der Waals surface area contributed by atoms with Gasteiger partial charge in [0.25, 0.3) is 0 Å². The summed E-state index contributed by atoms with van der Waals surface area (Å²) in [5.74, 6) is -0.554. The molecule has 0 fully saturated rings. The summed E-state index contributed by atoms with van der Waals surface area (Å²) in [6.45, 7) is 34.6. The average Bonchev–Trinajstić information content (AvgIpc) is 3.24. The highest BCUT2D eigenvalue weighted by Crippen LogP contribution is 2.41. The number of ether oxygens (including phenoxy) is 8. The van der Waals surface area contributed by atoms with Crippen molar-refractivity contribution in [3.63, 3.8) is 0 Å². The van der Waals surface area contributed by atoms with Crippen molar-refractivity contribution < 1.29 is 67.9 Å². The Balaban J connectivity index is 1.75. The van der Waals surface area contributed by atoms with Gasteiger partial charge < -0.3 is 58.3 Å². The van der Waals surface area contributed by atoms with Gasteiger partial charge in [0.1, 0.15) is 50.9 Å². The molecule has 0 aliphatic carbocycles. The van der Waals surface area contributed by atoms with Crippen molar-refractivity contribution >= 4 is 11.6 Å². The minimum absolute atomic E-state index is 0.0472. The summed E-state index contributed by atoms with van der Waals surface area (Å²) in [5.41, 5.74) is -6.63. The van der Waals surface area contributed by atoms with Crippen molar-refractivity contribution in [2.75, 3.05) is 39.6 Å². The third kappa shape index (κ3) is 21.2. The Morgan fingerprint density at radius 2 is 0.622 bits per heavy atom. The normalized spacial score (nSPS) is 13.8. The van der Waals surface area contributed by atoms with Crippen LogP contribution in [-0.2, 0) is 29.5 Å². The Bertz CT molecular complexity index is 2080. The highest BCUT2D eigenvalue weighted by Gasteiger charge is 2.49. The second kappa shape index (κ2) is 25.5. The van der Waals surface area contributed by atoms with E-state index in [9.17, 15) is 30.0 Å². The number of hydrogen-bond donors (Lipinski definition) is 4. The smallest absolute Gasteiger partial charge is 0.224 e. The van der Waals surface area contributed by atoms with Gasteiger partial charge >= 0.3 is 0 Å². The second-order valence-corrected chi connectivity index (χ2v) is 24.9. The standard InChI is InChI=1S/C60H94O14/c1-51(2,31-37-61)67-38-34-56(11,12)74-48-29-23-45(24-30-48)60(59(17,18)66,70-41-32-52(3,4)68-39-35-54(7,8)72-46-25-19-43(20-26-46)49(62)57(13,14)64)71-42-33-53(5,6)69-40-36-55(9,10)73-47-27-21-44(22-28-47)50(63)58(15,16)65/h19-30,61,64-66H,31-42H2,1-18H3. The lowest BCUT2D eigenvalue weighted by molar-refractivity contribution is -0.327. The van der Waals surface area contributed by atoms with Crippen molar-refractivity contribution in [2.45, 2.75) is 219 Å². The highest BCUT2D eigenvalue weighted by atomic mass is 16.7. The number of rotatable bonds is 34. The predicted molar refractivity (Wildman–Crippen MR) is 289 cm³/mol. The predicted octanol–water partition coefficient (Wildman–Crippen LogP) is 11.1. The number of benzene rings is 3. The lowest BCUT2D eigenvalue weighted by Crippen LogP contribution is -2.52. The van der Waals surface area contributed by atoms with Crippen LogP contribution in [0.25, 0.3) is 0 Å². The molecule has 0 aromatic heterocycles. The summed E-state index contributed by atoms with van der Waals surface area (Å²) in [5, 5.41) is 41.8. The number of carbonyl (C=O) groups excluding carboxylic acids is 2. The van der Waals surface area contributed by atoms with Crippen LogP contribution in [0.15, 0.2) is 72.8 Å². The molecule has 14 nitrogen and oxygen atoms in total. The zero-order valence-electron chi connectivity index (χ0n) is 48.3. The van der Waals surface area contributed by atoms with E-state index in [0.717, 1.165) is 0 Å². The number of aliphatic hydroxyl groups is 4. The molecule has 3 aromatic rings. The number of ketones is 2. The van der Waals surface area contributed by atoms with Crippen LogP contribution in [0, 0.1) is 0 Å². The van der Waals surface area contributed by atoms with Gasteiger partial charge in [-0.25, -0.2) is 0 Å². The molecule has 0 aliphatic heterocycles. The van der Waals surface area contributed by atoms with E-state index < -0.39 is 56.2 Å². The second-order valence-electron chi connectivity index (χ2n) is 24.9. The Hall–Kier alpha value is -3.96. The van der Waals surface area contributed by atoms with E-state index in [-0.39, 0.29) is 31.4 Å². The summed E-state index contributed by atoms with van der Waals surface area (Å²) < 4.78 is 51.5. The molecule has 0 saturated heterocycles. The van der Waals surface area contributed by atoms with Gasteiger partial charge in [-0.2, -0.15) is 0 Å².